The first-order valence-electron chi connectivity index (χ1n) is 7.45. The highest BCUT2D eigenvalue weighted by molar-refractivity contribution is 6.05. The summed E-state index contributed by atoms with van der Waals surface area (Å²) in [5.41, 5.74) is -1.53. The molecule has 0 aliphatic heterocycles. The number of amides is 1. The average Bonchev–Trinajstić information content (AvgIpc) is 2.89. The van der Waals surface area contributed by atoms with E-state index in [1.165, 1.54) is 19.2 Å². The van der Waals surface area contributed by atoms with Crippen LogP contribution in [0.4, 0.5) is 28.9 Å². The third kappa shape index (κ3) is 4.09. The highest BCUT2D eigenvalue weighted by Gasteiger charge is 2.39. The van der Waals surface area contributed by atoms with Crippen LogP contribution in [0.3, 0.4) is 0 Å². The molecular formula is C16H18F4N4O. The summed E-state index contributed by atoms with van der Waals surface area (Å²) in [5.74, 6) is -1.60. The number of anilines is 2. The molecule has 0 saturated heterocycles. The van der Waals surface area contributed by atoms with Crippen molar-refractivity contribution in [2.75, 3.05) is 17.3 Å². The smallest absolute Gasteiger partial charge is 0.370 e. The standard InChI is InChI=1S/C16H18F4N4O/c1-9(2)24(4)13-6-5-10(7-12(13)17)21-15(25)11-8-23(3)22-14(11)16(18,19)20/h5-9H,1-4H3,(H,21,25). The first-order chi connectivity index (χ1) is 11.5. The maximum absolute atomic E-state index is 14.2. The molecule has 0 saturated carbocycles. The van der Waals surface area contributed by atoms with Crippen molar-refractivity contribution in [3.05, 3.63) is 41.5 Å². The van der Waals surface area contributed by atoms with Gasteiger partial charge in [-0.05, 0) is 32.0 Å². The first kappa shape index (κ1) is 18.8. The summed E-state index contributed by atoms with van der Waals surface area (Å²) in [5, 5.41) is 5.54. The largest absolute Gasteiger partial charge is 0.435 e. The van der Waals surface area contributed by atoms with Crippen LogP contribution in [0, 0.1) is 5.82 Å². The molecule has 0 radical (unpaired) electrons. The third-order valence-electron chi connectivity index (χ3n) is 3.70. The Hall–Kier alpha value is -2.58. The minimum absolute atomic E-state index is 0.0553. The average molecular weight is 358 g/mol. The molecule has 0 bridgehead atoms. The number of nitrogens with one attached hydrogen (secondary N) is 1. The molecule has 1 aromatic heterocycles. The van der Waals surface area contributed by atoms with Crippen LogP contribution >= 0.6 is 0 Å². The normalized spacial score (nSPS) is 11.7. The maximum atomic E-state index is 14.2. The van der Waals surface area contributed by atoms with Gasteiger partial charge >= 0.3 is 6.18 Å². The number of hydrogen-bond donors (Lipinski definition) is 1. The first-order valence-corrected chi connectivity index (χ1v) is 7.45. The van der Waals surface area contributed by atoms with E-state index in [9.17, 15) is 22.4 Å². The van der Waals surface area contributed by atoms with Crippen molar-refractivity contribution in [3.8, 4) is 0 Å². The number of carbonyl (C=O) groups excluding carboxylic acids is 1. The minimum atomic E-state index is -4.76. The van der Waals surface area contributed by atoms with Gasteiger partial charge in [0, 0.05) is 32.0 Å². The highest BCUT2D eigenvalue weighted by atomic mass is 19.4. The van der Waals surface area contributed by atoms with Crippen molar-refractivity contribution >= 4 is 17.3 Å². The van der Waals surface area contributed by atoms with Crippen molar-refractivity contribution in [1.29, 1.82) is 0 Å². The fourth-order valence-corrected chi connectivity index (χ4v) is 2.21. The Bertz CT molecular complexity index is 783. The van der Waals surface area contributed by atoms with Crippen LogP contribution in [0.1, 0.15) is 29.9 Å². The number of aromatic nitrogens is 2. The zero-order valence-electron chi connectivity index (χ0n) is 14.1. The van der Waals surface area contributed by atoms with Crippen LogP contribution in [0.25, 0.3) is 0 Å². The van der Waals surface area contributed by atoms with Gasteiger partial charge in [0.1, 0.15) is 5.82 Å². The van der Waals surface area contributed by atoms with Crippen LogP contribution in [0.2, 0.25) is 0 Å². The molecule has 0 fully saturated rings. The lowest BCUT2D eigenvalue weighted by molar-refractivity contribution is -0.141. The lowest BCUT2D eigenvalue weighted by atomic mass is 10.2. The van der Waals surface area contributed by atoms with E-state index in [-0.39, 0.29) is 11.7 Å². The summed E-state index contributed by atoms with van der Waals surface area (Å²) in [6, 6.07) is 4.01. The van der Waals surface area contributed by atoms with Gasteiger partial charge in [-0.1, -0.05) is 0 Å². The van der Waals surface area contributed by atoms with E-state index in [0.717, 1.165) is 16.9 Å². The van der Waals surface area contributed by atoms with E-state index in [1.807, 2.05) is 13.8 Å². The predicted molar refractivity (Wildman–Crippen MR) is 86.1 cm³/mol. The predicted octanol–water partition coefficient (Wildman–Crippen LogP) is 3.67. The number of alkyl halides is 3. The number of nitrogens with zero attached hydrogens (tertiary/aromatic N) is 3. The zero-order chi connectivity index (χ0) is 18.9. The molecule has 2 aromatic rings. The van der Waals surface area contributed by atoms with Crippen LogP contribution in [-0.4, -0.2) is 28.8 Å². The third-order valence-corrected chi connectivity index (χ3v) is 3.70. The molecule has 0 spiro atoms. The van der Waals surface area contributed by atoms with Crippen LogP contribution in [0.15, 0.2) is 24.4 Å². The molecule has 1 N–H and O–H groups in total. The van der Waals surface area contributed by atoms with E-state index in [0.29, 0.717) is 5.69 Å². The Morgan fingerprint density at radius 3 is 2.48 bits per heavy atom. The van der Waals surface area contributed by atoms with Gasteiger partial charge in [-0.15, -0.1) is 0 Å². The maximum Gasteiger partial charge on any atom is 0.435 e. The molecule has 0 aliphatic rings. The fraction of sp³-hybridized carbons (Fsp3) is 0.375. The summed E-state index contributed by atoms with van der Waals surface area (Å²) in [7, 11) is 2.99. The number of halogens is 4. The van der Waals surface area contributed by atoms with Crippen molar-refractivity contribution in [2.45, 2.75) is 26.1 Å². The molecule has 5 nitrogen and oxygen atoms in total. The molecular weight excluding hydrogens is 340 g/mol. The van der Waals surface area contributed by atoms with Crippen LogP contribution in [-0.2, 0) is 13.2 Å². The number of carbonyl (C=O) groups is 1. The summed E-state index contributed by atoms with van der Waals surface area (Å²) < 4.78 is 53.9. The number of aryl methyl sites for hydroxylation is 1. The molecule has 9 heteroatoms. The van der Waals surface area contributed by atoms with E-state index in [1.54, 1.807) is 11.9 Å². The molecule has 0 unspecified atom stereocenters. The Balaban J connectivity index is 2.26. The molecule has 25 heavy (non-hydrogen) atoms. The summed E-state index contributed by atoms with van der Waals surface area (Å²) in [6.45, 7) is 3.77. The van der Waals surface area contributed by atoms with Crippen molar-refractivity contribution < 1.29 is 22.4 Å². The van der Waals surface area contributed by atoms with Gasteiger partial charge in [0.2, 0.25) is 0 Å². The van der Waals surface area contributed by atoms with E-state index in [2.05, 4.69) is 10.4 Å². The molecule has 0 aliphatic carbocycles. The summed E-state index contributed by atoms with van der Waals surface area (Å²) in [4.78, 5) is 13.8. The Kier molecular flexibility index (Phi) is 5.05. The SMILES string of the molecule is CC(C)N(C)c1ccc(NC(=O)c2cn(C)nc2C(F)(F)F)cc1F. The Morgan fingerprint density at radius 1 is 1.32 bits per heavy atom. The number of benzene rings is 1. The van der Waals surface area contributed by atoms with E-state index >= 15 is 0 Å². The van der Waals surface area contributed by atoms with Crippen molar-refractivity contribution in [2.24, 2.45) is 7.05 Å². The Morgan fingerprint density at radius 2 is 1.96 bits per heavy atom. The van der Waals surface area contributed by atoms with Crippen LogP contribution < -0.4 is 10.2 Å². The summed E-state index contributed by atoms with van der Waals surface area (Å²) >= 11 is 0. The van der Waals surface area contributed by atoms with Gasteiger partial charge in [0.05, 0.1) is 11.3 Å². The second-order valence-corrected chi connectivity index (χ2v) is 5.89. The van der Waals surface area contributed by atoms with Gasteiger partial charge in [0.15, 0.2) is 5.69 Å². The van der Waals surface area contributed by atoms with Crippen molar-refractivity contribution in [3.63, 3.8) is 0 Å². The number of hydrogen-bond acceptors (Lipinski definition) is 3. The number of rotatable bonds is 4. The molecule has 2 rings (SSSR count). The topological polar surface area (TPSA) is 50.2 Å². The summed E-state index contributed by atoms with van der Waals surface area (Å²) in [6.07, 6.45) is -3.79. The monoisotopic (exact) mass is 358 g/mol. The zero-order valence-corrected chi connectivity index (χ0v) is 14.1. The van der Waals surface area contributed by atoms with Gasteiger partial charge < -0.3 is 10.2 Å². The molecule has 1 amide bonds. The molecule has 136 valence electrons. The van der Waals surface area contributed by atoms with Gasteiger partial charge in [-0.25, -0.2) is 4.39 Å². The molecule has 1 aromatic carbocycles. The minimum Gasteiger partial charge on any atom is -0.370 e. The van der Waals surface area contributed by atoms with Gasteiger partial charge in [-0.3, -0.25) is 9.48 Å². The second-order valence-electron chi connectivity index (χ2n) is 5.89. The fourth-order valence-electron chi connectivity index (χ4n) is 2.21. The quantitative estimate of drug-likeness (QED) is 0.849. The van der Waals surface area contributed by atoms with E-state index in [4.69, 9.17) is 0 Å². The van der Waals surface area contributed by atoms with Crippen LogP contribution in [0.5, 0.6) is 0 Å². The molecule has 1 heterocycles. The Labute approximate surface area is 142 Å². The lowest BCUT2D eigenvalue weighted by Crippen LogP contribution is -2.26. The van der Waals surface area contributed by atoms with Gasteiger partial charge in [-0.2, -0.15) is 18.3 Å². The van der Waals surface area contributed by atoms with Gasteiger partial charge in [0.25, 0.3) is 5.91 Å². The molecule has 0 atom stereocenters. The lowest BCUT2D eigenvalue weighted by Gasteiger charge is -2.24. The highest BCUT2D eigenvalue weighted by Crippen LogP contribution is 2.31. The second kappa shape index (κ2) is 6.73. The van der Waals surface area contributed by atoms with E-state index < -0.39 is 29.2 Å². The van der Waals surface area contributed by atoms with Crippen molar-refractivity contribution in [1.82, 2.24) is 9.78 Å².